The highest BCUT2D eigenvalue weighted by Crippen LogP contribution is 2.18. The van der Waals surface area contributed by atoms with Gasteiger partial charge >= 0.3 is 0 Å². The Hall–Kier alpha value is -1.42. The average molecular weight is 251 g/mol. The van der Waals surface area contributed by atoms with E-state index in [1.165, 1.54) is 0 Å². The van der Waals surface area contributed by atoms with E-state index in [2.05, 4.69) is 22.0 Å². The van der Waals surface area contributed by atoms with Gasteiger partial charge in [-0.05, 0) is 19.4 Å². The summed E-state index contributed by atoms with van der Waals surface area (Å²) in [5.74, 6) is 0.653. The van der Waals surface area contributed by atoms with Crippen molar-refractivity contribution in [1.29, 1.82) is 0 Å². The molecular weight excluding hydrogens is 236 g/mol. The highest BCUT2D eigenvalue weighted by Gasteiger charge is 2.07. The van der Waals surface area contributed by atoms with Crippen LogP contribution in [0.1, 0.15) is 26.0 Å². The monoisotopic (exact) mass is 250 g/mol. The Bertz CT molecular complexity index is 507. The van der Waals surface area contributed by atoms with Gasteiger partial charge in [-0.1, -0.05) is 24.9 Å². The second kappa shape index (κ2) is 5.27. The van der Waals surface area contributed by atoms with Gasteiger partial charge in [-0.2, -0.15) is 5.10 Å². The molecule has 0 bridgehead atoms. The molecule has 0 fully saturated rings. The van der Waals surface area contributed by atoms with Gasteiger partial charge in [0.05, 0.1) is 11.8 Å². The summed E-state index contributed by atoms with van der Waals surface area (Å²) < 4.78 is 1.85. The van der Waals surface area contributed by atoms with Crippen molar-refractivity contribution in [2.75, 3.05) is 0 Å². The van der Waals surface area contributed by atoms with Gasteiger partial charge in [0.15, 0.2) is 5.82 Å². The highest BCUT2D eigenvalue weighted by molar-refractivity contribution is 6.29. The third-order valence-corrected chi connectivity index (χ3v) is 2.66. The third-order valence-electron chi connectivity index (χ3n) is 2.47. The van der Waals surface area contributed by atoms with Crippen LogP contribution in [0.2, 0.25) is 5.15 Å². The molecule has 0 aliphatic rings. The zero-order chi connectivity index (χ0) is 12.3. The molecule has 2 heterocycles. The summed E-state index contributed by atoms with van der Waals surface area (Å²) in [4.78, 5) is 8.73. The lowest BCUT2D eigenvalue weighted by Crippen LogP contribution is -1.96. The predicted octanol–water partition coefficient (Wildman–Crippen LogP) is 2.97. The fourth-order valence-corrected chi connectivity index (χ4v) is 1.84. The molecule has 90 valence electrons. The Morgan fingerprint density at radius 2 is 2.12 bits per heavy atom. The van der Waals surface area contributed by atoms with Gasteiger partial charge in [-0.15, -0.1) is 0 Å². The minimum absolute atomic E-state index is 0.489. The van der Waals surface area contributed by atoms with Gasteiger partial charge < -0.3 is 0 Å². The molecule has 2 aromatic rings. The van der Waals surface area contributed by atoms with Crippen LogP contribution in [0.15, 0.2) is 18.5 Å². The van der Waals surface area contributed by atoms with E-state index in [0.717, 1.165) is 30.6 Å². The third kappa shape index (κ3) is 2.82. The lowest BCUT2D eigenvalue weighted by atomic mass is 10.2. The fourth-order valence-electron chi connectivity index (χ4n) is 1.63. The molecule has 0 amide bonds. The number of hydrogen-bond acceptors (Lipinski definition) is 3. The van der Waals surface area contributed by atoms with Crippen LogP contribution in [0.5, 0.6) is 0 Å². The summed E-state index contributed by atoms with van der Waals surface area (Å²) in [6.45, 7) is 4.99. The first-order chi connectivity index (χ1) is 8.22. The minimum atomic E-state index is 0.489. The molecule has 0 aromatic carbocycles. The fraction of sp³-hybridized carbons (Fsp3) is 0.417. The van der Waals surface area contributed by atoms with Crippen molar-refractivity contribution in [3.05, 3.63) is 29.3 Å². The normalized spacial score (nSPS) is 10.8. The first-order valence-electron chi connectivity index (χ1n) is 5.79. The van der Waals surface area contributed by atoms with Gasteiger partial charge in [0.1, 0.15) is 5.15 Å². The van der Waals surface area contributed by atoms with Crippen molar-refractivity contribution in [2.45, 2.75) is 33.2 Å². The van der Waals surface area contributed by atoms with Crippen LogP contribution < -0.4 is 0 Å². The van der Waals surface area contributed by atoms with Gasteiger partial charge in [0, 0.05) is 18.4 Å². The van der Waals surface area contributed by atoms with Crippen molar-refractivity contribution >= 4 is 11.6 Å². The van der Waals surface area contributed by atoms with E-state index < -0.39 is 0 Å². The van der Waals surface area contributed by atoms with E-state index in [1.54, 1.807) is 6.20 Å². The highest BCUT2D eigenvalue weighted by atomic mass is 35.5. The Balaban J connectivity index is 2.37. The molecule has 17 heavy (non-hydrogen) atoms. The molecule has 0 radical (unpaired) electrons. The number of aryl methyl sites for hydroxylation is 2. The zero-order valence-corrected chi connectivity index (χ0v) is 10.8. The van der Waals surface area contributed by atoms with Crippen molar-refractivity contribution in [2.24, 2.45) is 0 Å². The lowest BCUT2D eigenvalue weighted by molar-refractivity contribution is 0.660. The first-order valence-corrected chi connectivity index (χ1v) is 6.17. The number of rotatable bonds is 4. The van der Waals surface area contributed by atoms with Gasteiger partial charge in [0.25, 0.3) is 0 Å². The number of halogens is 1. The average Bonchev–Trinajstić information content (AvgIpc) is 2.77. The molecule has 0 atom stereocenters. The van der Waals surface area contributed by atoms with Crippen molar-refractivity contribution in [1.82, 2.24) is 19.7 Å². The van der Waals surface area contributed by atoms with E-state index in [4.69, 9.17) is 11.6 Å². The van der Waals surface area contributed by atoms with E-state index in [9.17, 15) is 0 Å². The van der Waals surface area contributed by atoms with Crippen LogP contribution in [0.25, 0.3) is 11.4 Å². The molecular formula is C12H15ClN4. The lowest BCUT2D eigenvalue weighted by Gasteiger charge is -2.02. The molecule has 0 saturated carbocycles. The summed E-state index contributed by atoms with van der Waals surface area (Å²) in [6, 6.07) is 1.82. The van der Waals surface area contributed by atoms with E-state index in [1.807, 2.05) is 23.9 Å². The molecule has 0 saturated heterocycles. The zero-order valence-electron chi connectivity index (χ0n) is 10.0. The quantitative estimate of drug-likeness (QED) is 0.784. The maximum Gasteiger partial charge on any atom is 0.164 e. The minimum Gasteiger partial charge on any atom is -0.272 e. The Kier molecular flexibility index (Phi) is 3.74. The van der Waals surface area contributed by atoms with E-state index >= 15 is 0 Å². The van der Waals surface area contributed by atoms with Gasteiger partial charge in [-0.3, -0.25) is 4.68 Å². The molecule has 4 nitrogen and oxygen atoms in total. The van der Waals surface area contributed by atoms with Crippen LogP contribution in [0, 0.1) is 0 Å². The van der Waals surface area contributed by atoms with Crippen LogP contribution >= 0.6 is 11.6 Å². The van der Waals surface area contributed by atoms with Crippen LogP contribution in [-0.4, -0.2) is 19.7 Å². The van der Waals surface area contributed by atoms with Gasteiger partial charge in [-0.25, -0.2) is 9.97 Å². The van der Waals surface area contributed by atoms with Crippen molar-refractivity contribution in [3.8, 4) is 11.4 Å². The molecule has 2 rings (SSSR count). The summed E-state index contributed by atoms with van der Waals surface area (Å²) in [5.41, 5.74) is 1.89. The SMILES string of the molecule is CCCc1cc(Cl)nc(-c2cnn(CC)c2)n1. The molecule has 2 aromatic heterocycles. The molecule has 5 heteroatoms. The van der Waals surface area contributed by atoms with Crippen LogP contribution in [-0.2, 0) is 13.0 Å². The first kappa shape index (κ1) is 12.0. The molecule has 0 unspecified atom stereocenters. The van der Waals surface area contributed by atoms with Crippen LogP contribution in [0.3, 0.4) is 0 Å². The molecule has 0 aliphatic carbocycles. The maximum atomic E-state index is 6.00. The maximum absolute atomic E-state index is 6.00. The summed E-state index contributed by atoms with van der Waals surface area (Å²) in [5, 5.41) is 4.70. The standard InChI is InChI=1S/C12H15ClN4/c1-3-5-10-6-11(13)16-12(15-10)9-7-14-17(4-2)8-9/h6-8H,3-5H2,1-2H3. The smallest absolute Gasteiger partial charge is 0.164 e. The predicted molar refractivity (Wildman–Crippen MR) is 67.9 cm³/mol. The van der Waals surface area contributed by atoms with Crippen molar-refractivity contribution in [3.63, 3.8) is 0 Å². The Labute approximate surface area is 106 Å². The van der Waals surface area contributed by atoms with Gasteiger partial charge in [0.2, 0.25) is 0 Å². The number of nitrogens with zero attached hydrogens (tertiary/aromatic N) is 4. The summed E-state index contributed by atoms with van der Waals surface area (Å²) in [7, 11) is 0. The van der Waals surface area contributed by atoms with Crippen molar-refractivity contribution < 1.29 is 0 Å². The van der Waals surface area contributed by atoms with E-state index in [0.29, 0.717) is 11.0 Å². The Morgan fingerprint density at radius 1 is 1.29 bits per heavy atom. The molecule has 0 aliphatic heterocycles. The largest absolute Gasteiger partial charge is 0.272 e. The second-order valence-electron chi connectivity index (χ2n) is 3.84. The second-order valence-corrected chi connectivity index (χ2v) is 4.23. The summed E-state index contributed by atoms with van der Waals surface area (Å²) in [6.07, 6.45) is 5.66. The molecule has 0 spiro atoms. The summed E-state index contributed by atoms with van der Waals surface area (Å²) >= 11 is 6.00. The topological polar surface area (TPSA) is 43.6 Å². The van der Waals surface area contributed by atoms with E-state index in [-0.39, 0.29) is 0 Å². The van der Waals surface area contributed by atoms with Crippen LogP contribution in [0.4, 0.5) is 0 Å². The number of aromatic nitrogens is 4. The Morgan fingerprint density at radius 3 is 2.76 bits per heavy atom. The molecule has 0 N–H and O–H groups in total. The number of hydrogen-bond donors (Lipinski definition) is 0.